The molecule has 1 N–H and O–H groups in total. The Hall–Kier alpha value is -1.99. The Morgan fingerprint density at radius 3 is 2.63 bits per heavy atom. The van der Waals surface area contributed by atoms with Crippen molar-refractivity contribution in [3.63, 3.8) is 0 Å². The number of benzene rings is 2. The topological polar surface area (TPSA) is 48.5 Å². The zero-order valence-corrected chi connectivity index (χ0v) is 18.6. The van der Waals surface area contributed by atoms with Gasteiger partial charge in [0.25, 0.3) is 0 Å². The maximum absolute atomic E-state index is 12.4. The number of carbonyl (C=O) groups excluding carboxylic acids is 1. The van der Waals surface area contributed by atoms with E-state index in [0.29, 0.717) is 13.1 Å². The molecular formula is C23H27ClN4OS. The quantitative estimate of drug-likeness (QED) is 0.604. The van der Waals surface area contributed by atoms with Crippen LogP contribution in [0.15, 0.2) is 48.5 Å². The van der Waals surface area contributed by atoms with Crippen LogP contribution in [0.2, 0.25) is 5.02 Å². The summed E-state index contributed by atoms with van der Waals surface area (Å²) in [5.74, 6) is 0.0993. The van der Waals surface area contributed by atoms with E-state index < -0.39 is 0 Å². The monoisotopic (exact) mass is 442 g/mol. The van der Waals surface area contributed by atoms with Crippen LogP contribution in [0.4, 0.5) is 0 Å². The van der Waals surface area contributed by atoms with E-state index in [2.05, 4.69) is 38.3 Å². The van der Waals surface area contributed by atoms with Crippen LogP contribution in [-0.4, -0.2) is 60.0 Å². The molecule has 4 rings (SSSR count). The highest BCUT2D eigenvalue weighted by atomic mass is 35.5. The van der Waals surface area contributed by atoms with Crippen molar-refractivity contribution in [1.29, 1.82) is 0 Å². The van der Waals surface area contributed by atoms with Gasteiger partial charge in [-0.05, 0) is 49.3 Å². The average Bonchev–Trinajstić information content (AvgIpc) is 3.03. The molecule has 30 heavy (non-hydrogen) atoms. The molecule has 0 aliphatic carbocycles. The highest BCUT2D eigenvalue weighted by Gasteiger charge is 2.17. The maximum atomic E-state index is 12.4. The van der Waals surface area contributed by atoms with E-state index in [-0.39, 0.29) is 5.91 Å². The molecule has 1 aliphatic rings. The van der Waals surface area contributed by atoms with Crippen molar-refractivity contribution < 1.29 is 4.79 Å². The van der Waals surface area contributed by atoms with Crippen LogP contribution in [0.1, 0.15) is 17.0 Å². The van der Waals surface area contributed by atoms with Crippen LogP contribution in [0.25, 0.3) is 10.2 Å². The summed E-state index contributed by atoms with van der Waals surface area (Å²) >= 11 is 7.68. The lowest BCUT2D eigenvalue weighted by atomic mass is 10.2. The number of para-hydroxylation sites is 1. The zero-order valence-electron chi connectivity index (χ0n) is 17.0. The first-order chi connectivity index (χ1) is 14.7. The Bertz CT molecular complexity index is 942. The van der Waals surface area contributed by atoms with E-state index in [9.17, 15) is 4.79 Å². The molecule has 1 saturated heterocycles. The molecule has 2 aromatic carbocycles. The van der Waals surface area contributed by atoms with Crippen molar-refractivity contribution in [1.82, 2.24) is 20.1 Å². The number of nitrogens with one attached hydrogen (secondary N) is 1. The van der Waals surface area contributed by atoms with E-state index in [4.69, 9.17) is 11.6 Å². The van der Waals surface area contributed by atoms with Crippen LogP contribution in [0.3, 0.4) is 0 Å². The summed E-state index contributed by atoms with van der Waals surface area (Å²) in [5, 5.41) is 4.91. The number of rotatable bonds is 7. The molecule has 0 saturated carbocycles. The predicted molar refractivity (Wildman–Crippen MR) is 124 cm³/mol. The molecule has 0 unspecified atom stereocenters. The van der Waals surface area contributed by atoms with E-state index in [1.807, 2.05) is 30.3 Å². The van der Waals surface area contributed by atoms with E-state index in [0.717, 1.165) is 61.1 Å². The molecule has 7 heteroatoms. The predicted octanol–water partition coefficient (Wildman–Crippen LogP) is 3.82. The van der Waals surface area contributed by atoms with Gasteiger partial charge in [-0.1, -0.05) is 35.9 Å². The average molecular weight is 443 g/mol. The maximum Gasteiger partial charge on any atom is 0.234 e. The summed E-state index contributed by atoms with van der Waals surface area (Å²) in [6.45, 7) is 5.93. The van der Waals surface area contributed by atoms with Gasteiger partial charge >= 0.3 is 0 Å². The molecule has 0 bridgehead atoms. The Kier molecular flexibility index (Phi) is 7.33. The number of aromatic nitrogens is 1. The second-order valence-corrected chi connectivity index (χ2v) is 9.26. The second-order valence-electron chi connectivity index (χ2n) is 7.71. The minimum absolute atomic E-state index is 0.0993. The van der Waals surface area contributed by atoms with Gasteiger partial charge in [0.15, 0.2) is 0 Å². The molecule has 1 aliphatic heterocycles. The van der Waals surface area contributed by atoms with Gasteiger partial charge in [-0.2, -0.15) is 0 Å². The van der Waals surface area contributed by atoms with Gasteiger partial charge in [-0.15, -0.1) is 11.3 Å². The van der Waals surface area contributed by atoms with Crippen molar-refractivity contribution in [3.8, 4) is 0 Å². The van der Waals surface area contributed by atoms with Crippen LogP contribution in [0, 0.1) is 0 Å². The SMILES string of the molecule is O=C(CN1CCCN(Cc2ccc(Cl)cc2)CC1)NCCc1nc2ccccc2s1. The number of amides is 1. The first-order valence-corrected chi connectivity index (χ1v) is 11.7. The van der Waals surface area contributed by atoms with Crippen molar-refractivity contribution in [2.75, 3.05) is 39.3 Å². The number of hydrogen-bond donors (Lipinski definition) is 1. The third-order valence-electron chi connectivity index (χ3n) is 5.37. The molecule has 1 aromatic heterocycles. The molecule has 1 amide bonds. The molecule has 3 aromatic rings. The number of thiazole rings is 1. The second kappa shape index (κ2) is 10.4. The molecule has 158 valence electrons. The van der Waals surface area contributed by atoms with Gasteiger partial charge in [-0.25, -0.2) is 4.98 Å². The standard InChI is InChI=1S/C23H27ClN4OS/c24-19-8-6-18(7-9-19)16-27-12-3-13-28(15-14-27)17-22(29)25-11-10-23-26-20-4-1-2-5-21(20)30-23/h1-2,4-9H,3,10-17H2,(H,25,29). The van der Waals surface area contributed by atoms with Crippen LogP contribution in [-0.2, 0) is 17.8 Å². The molecule has 0 radical (unpaired) electrons. The molecule has 0 spiro atoms. The van der Waals surface area contributed by atoms with Crippen LogP contribution >= 0.6 is 22.9 Å². The first-order valence-electron chi connectivity index (χ1n) is 10.5. The summed E-state index contributed by atoms with van der Waals surface area (Å²) < 4.78 is 1.20. The minimum atomic E-state index is 0.0993. The minimum Gasteiger partial charge on any atom is -0.355 e. The molecule has 1 fully saturated rings. The molecule has 0 atom stereocenters. The van der Waals surface area contributed by atoms with Gasteiger partial charge in [0, 0.05) is 37.6 Å². The fourth-order valence-corrected chi connectivity index (χ4v) is 4.88. The van der Waals surface area contributed by atoms with E-state index in [1.54, 1.807) is 11.3 Å². The van der Waals surface area contributed by atoms with Crippen LogP contribution < -0.4 is 5.32 Å². The number of hydrogen-bond acceptors (Lipinski definition) is 5. The lowest BCUT2D eigenvalue weighted by Crippen LogP contribution is -2.39. The van der Waals surface area contributed by atoms with Gasteiger partial charge < -0.3 is 5.32 Å². The van der Waals surface area contributed by atoms with Gasteiger partial charge in [0.1, 0.15) is 0 Å². The Labute approximate surface area is 186 Å². The molecule has 5 nitrogen and oxygen atoms in total. The first kappa shape index (κ1) is 21.2. The highest BCUT2D eigenvalue weighted by molar-refractivity contribution is 7.18. The summed E-state index contributed by atoms with van der Waals surface area (Å²) in [7, 11) is 0. The lowest BCUT2D eigenvalue weighted by Gasteiger charge is -2.21. The number of fused-ring (bicyclic) bond motifs is 1. The van der Waals surface area contributed by atoms with Crippen molar-refractivity contribution in [2.45, 2.75) is 19.4 Å². The summed E-state index contributed by atoms with van der Waals surface area (Å²) in [6.07, 6.45) is 1.85. The van der Waals surface area contributed by atoms with Gasteiger partial charge in [0.2, 0.25) is 5.91 Å². The molecular weight excluding hydrogens is 416 g/mol. The fourth-order valence-electron chi connectivity index (χ4n) is 3.78. The Morgan fingerprint density at radius 1 is 1.03 bits per heavy atom. The lowest BCUT2D eigenvalue weighted by molar-refractivity contribution is -0.122. The largest absolute Gasteiger partial charge is 0.355 e. The Balaban J connectivity index is 1.18. The van der Waals surface area contributed by atoms with Gasteiger partial charge in [-0.3, -0.25) is 14.6 Å². The Morgan fingerprint density at radius 2 is 1.80 bits per heavy atom. The van der Waals surface area contributed by atoms with Crippen molar-refractivity contribution in [3.05, 3.63) is 64.1 Å². The number of nitrogens with zero attached hydrogens (tertiary/aromatic N) is 3. The number of halogens is 1. The van der Waals surface area contributed by atoms with Gasteiger partial charge in [0.05, 0.1) is 21.8 Å². The van der Waals surface area contributed by atoms with Crippen molar-refractivity contribution >= 4 is 39.1 Å². The molecule has 2 heterocycles. The normalized spacial score (nSPS) is 15.9. The number of carbonyl (C=O) groups is 1. The zero-order chi connectivity index (χ0) is 20.8. The van der Waals surface area contributed by atoms with E-state index in [1.165, 1.54) is 10.3 Å². The highest BCUT2D eigenvalue weighted by Crippen LogP contribution is 2.21. The summed E-state index contributed by atoms with van der Waals surface area (Å²) in [6, 6.07) is 16.2. The smallest absolute Gasteiger partial charge is 0.234 e. The third-order valence-corrected chi connectivity index (χ3v) is 6.72. The van der Waals surface area contributed by atoms with Crippen LogP contribution in [0.5, 0.6) is 0 Å². The van der Waals surface area contributed by atoms with Crippen molar-refractivity contribution in [2.24, 2.45) is 0 Å². The van der Waals surface area contributed by atoms with E-state index >= 15 is 0 Å². The summed E-state index contributed by atoms with van der Waals surface area (Å²) in [5.41, 5.74) is 2.32. The fraction of sp³-hybridized carbons (Fsp3) is 0.391. The summed E-state index contributed by atoms with van der Waals surface area (Å²) in [4.78, 5) is 21.7. The third kappa shape index (κ3) is 6.01.